The first-order valence-electron chi connectivity index (χ1n) is 11.2. The molecule has 0 unspecified atom stereocenters. The van der Waals surface area contributed by atoms with Crippen molar-refractivity contribution in [1.82, 2.24) is 4.98 Å². The first kappa shape index (κ1) is 26.4. The molecule has 4 aromatic rings. The van der Waals surface area contributed by atoms with Crippen molar-refractivity contribution >= 4 is 74.5 Å². The molecule has 1 aliphatic rings. The molecule has 39 heavy (non-hydrogen) atoms. The lowest BCUT2D eigenvalue weighted by Crippen LogP contribution is -2.32. The summed E-state index contributed by atoms with van der Waals surface area (Å²) in [5, 5.41) is 27.8. The topological polar surface area (TPSA) is 138 Å². The molecule has 0 atom stereocenters. The number of carbonyl (C=O) groups is 3. The minimum absolute atomic E-state index is 0.0539. The van der Waals surface area contributed by atoms with E-state index in [1.807, 2.05) is 0 Å². The van der Waals surface area contributed by atoms with Gasteiger partial charge in [0.2, 0.25) is 0 Å². The predicted molar refractivity (Wildman–Crippen MR) is 150 cm³/mol. The fourth-order valence-electron chi connectivity index (χ4n) is 3.70. The number of amides is 3. The number of rotatable bonds is 7. The third-order valence-corrected chi connectivity index (χ3v) is 6.98. The fourth-order valence-corrected chi connectivity index (χ4v) is 4.76. The van der Waals surface area contributed by atoms with Crippen LogP contribution in [0.3, 0.4) is 0 Å². The van der Waals surface area contributed by atoms with Gasteiger partial charge < -0.3 is 15.8 Å². The predicted octanol–water partition coefficient (Wildman–Crippen LogP) is 5.84. The summed E-state index contributed by atoms with van der Waals surface area (Å²) in [7, 11) is 0. The molecular formula is C26H16Cl2N5O5S-. The Morgan fingerprint density at radius 2 is 1.72 bits per heavy atom. The Kier molecular flexibility index (Phi) is 7.33. The molecule has 0 fully saturated rings. The zero-order valence-electron chi connectivity index (χ0n) is 19.6. The summed E-state index contributed by atoms with van der Waals surface area (Å²) in [5.74, 6) is -1.71. The van der Waals surface area contributed by atoms with Crippen LogP contribution < -0.4 is 20.8 Å². The highest BCUT2D eigenvalue weighted by Crippen LogP contribution is 2.31. The highest BCUT2D eigenvalue weighted by molar-refractivity contribution is 7.14. The second kappa shape index (κ2) is 10.8. The molecule has 3 aromatic carbocycles. The SMILES string of the molecule is O=C(Nc1nc(-c2cccc(N([O-])O)c2)cs1)c1ccc(NC2=C(Cl)C(=O)N(c3ccc(Cl)cc3)C2=O)cc1. The lowest BCUT2D eigenvalue weighted by Gasteiger charge is -2.21. The van der Waals surface area contributed by atoms with Gasteiger partial charge in [-0.1, -0.05) is 35.3 Å². The van der Waals surface area contributed by atoms with Gasteiger partial charge in [-0.15, -0.1) is 11.3 Å². The number of carbonyl (C=O) groups excluding carboxylic acids is 3. The lowest BCUT2D eigenvalue weighted by atomic mass is 10.1. The molecule has 0 saturated carbocycles. The monoisotopic (exact) mass is 580 g/mol. The van der Waals surface area contributed by atoms with Crippen LogP contribution in [-0.2, 0) is 9.59 Å². The van der Waals surface area contributed by atoms with E-state index in [4.69, 9.17) is 28.4 Å². The van der Waals surface area contributed by atoms with E-state index in [-0.39, 0.29) is 21.6 Å². The largest absolute Gasteiger partial charge is 0.733 e. The van der Waals surface area contributed by atoms with Crippen molar-refractivity contribution in [3.63, 3.8) is 0 Å². The number of nitrogens with zero attached hydrogens (tertiary/aromatic N) is 3. The van der Waals surface area contributed by atoms with Crippen LogP contribution in [0.15, 0.2) is 88.9 Å². The standard InChI is InChI=1S/C26H16Cl2N5O5S/c27-16-6-10-18(11-7-16)32-24(35)21(28)22(25(32)36)29-17-8-4-14(5-9-17)23(34)31-26-30-20(13-39-26)15-2-1-3-19(12-15)33(37)38/h1-13,29,37H,(H,30,31,34)/q-1. The van der Waals surface area contributed by atoms with Crippen molar-refractivity contribution in [2.45, 2.75) is 0 Å². The van der Waals surface area contributed by atoms with Gasteiger partial charge in [-0.2, -0.15) is 0 Å². The van der Waals surface area contributed by atoms with E-state index >= 15 is 0 Å². The maximum Gasteiger partial charge on any atom is 0.283 e. The Morgan fingerprint density at radius 3 is 2.41 bits per heavy atom. The zero-order chi connectivity index (χ0) is 27.7. The van der Waals surface area contributed by atoms with Crippen LogP contribution in [0.25, 0.3) is 11.3 Å². The molecule has 5 rings (SSSR count). The van der Waals surface area contributed by atoms with Crippen LogP contribution >= 0.6 is 34.5 Å². The van der Waals surface area contributed by atoms with Crippen molar-refractivity contribution in [2.75, 3.05) is 20.8 Å². The Balaban J connectivity index is 1.25. The molecule has 0 radical (unpaired) electrons. The third kappa shape index (κ3) is 5.48. The third-order valence-electron chi connectivity index (χ3n) is 5.62. The number of thiazole rings is 1. The first-order chi connectivity index (χ1) is 18.7. The Hall–Kier alpha value is -4.26. The molecule has 13 heteroatoms. The molecule has 10 nitrogen and oxygen atoms in total. The van der Waals surface area contributed by atoms with Gasteiger partial charge >= 0.3 is 0 Å². The van der Waals surface area contributed by atoms with E-state index < -0.39 is 17.7 Å². The maximum absolute atomic E-state index is 12.9. The second-order valence-electron chi connectivity index (χ2n) is 8.13. The molecule has 196 valence electrons. The summed E-state index contributed by atoms with van der Waals surface area (Å²) < 4.78 is 0. The van der Waals surface area contributed by atoms with E-state index in [0.29, 0.717) is 38.3 Å². The highest BCUT2D eigenvalue weighted by Gasteiger charge is 2.38. The van der Waals surface area contributed by atoms with Crippen molar-refractivity contribution in [3.05, 3.63) is 105 Å². The number of hydrogen-bond acceptors (Lipinski definition) is 9. The van der Waals surface area contributed by atoms with Crippen LogP contribution in [0, 0.1) is 5.21 Å². The molecule has 0 saturated heterocycles. The van der Waals surface area contributed by atoms with E-state index in [1.165, 1.54) is 47.7 Å². The van der Waals surface area contributed by atoms with Crippen LogP contribution in [0.2, 0.25) is 5.02 Å². The number of halogens is 2. The Bertz CT molecular complexity index is 1620. The average molecular weight is 581 g/mol. The van der Waals surface area contributed by atoms with Gasteiger partial charge in [0.05, 0.1) is 17.1 Å². The molecule has 0 spiro atoms. The molecule has 0 aliphatic carbocycles. The summed E-state index contributed by atoms with van der Waals surface area (Å²) in [6, 6.07) is 18.6. The Morgan fingerprint density at radius 1 is 1.00 bits per heavy atom. The molecule has 2 heterocycles. The van der Waals surface area contributed by atoms with Crippen molar-refractivity contribution in [3.8, 4) is 11.3 Å². The van der Waals surface area contributed by atoms with Crippen molar-refractivity contribution < 1.29 is 19.6 Å². The highest BCUT2D eigenvalue weighted by atomic mass is 35.5. The fraction of sp³-hybridized carbons (Fsp3) is 0. The average Bonchev–Trinajstić information content (AvgIpc) is 3.48. The first-order valence-corrected chi connectivity index (χ1v) is 12.8. The molecule has 0 bridgehead atoms. The molecule has 3 N–H and O–H groups in total. The van der Waals surface area contributed by atoms with E-state index in [9.17, 15) is 19.6 Å². The van der Waals surface area contributed by atoms with Gasteiger partial charge in [-0.05, 0) is 60.7 Å². The quantitative estimate of drug-likeness (QED) is 0.183. The van der Waals surface area contributed by atoms with Crippen molar-refractivity contribution in [1.29, 1.82) is 0 Å². The van der Waals surface area contributed by atoms with Gasteiger partial charge in [0.1, 0.15) is 10.7 Å². The normalized spacial score (nSPS) is 13.2. The number of nitrogens with one attached hydrogen (secondary N) is 2. The molecular weight excluding hydrogens is 565 g/mol. The van der Waals surface area contributed by atoms with Crippen LogP contribution in [0.5, 0.6) is 0 Å². The summed E-state index contributed by atoms with van der Waals surface area (Å²) in [6.45, 7) is 0. The number of aromatic nitrogens is 1. The van der Waals surface area contributed by atoms with Crippen LogP contribution in [0.1, 0.15) is 10.4 Å². The van der Waals surface area contributed by atoms with Crippen LogP contribution in [-0.4, -0.2) is 27.9 Å². The minimum atomic E-state index is -0.668. The van der Waals surface area contributed by atoms with E-state index in [0.717, 1.165) is 4.90 Å². The van der Waals surface area contributed by atoms with Gasteiger partial charge in [-0.25, -0.2) is 9.88 Å². The number of anilines is 4. The summed E-state index contributed by atoms with van der Waals surface area (Å²) in [5.41, 5.74) is 2.16. The summed E-state index contributed by atoms with van der Waals surface area (Å²) >= 11 is 13.3. The lowest BCUT2D eigenvalue weighted by molar-refractivity contribution is -0.120. The van der Waals surface area contributed by atoms with E-state index in [1.54, 1.807) is 41.8 Å². The summed E-state index contributed by atoms with van der Waals surface area (Å²) in [4.78, 5) is 43.6. The van der Waals surface area contributed by atoms with Crippen LogP contribution in [0.4, 0.5) is 22.2 Å². The van der Waals surface area contributed by atoms with Crippen molar-refractivity contribution in [2.24, 2.45) is 0 Å². The molecule has 3 amide bonds. The number of imide groups is 1. The van der Waals surface area contributed by atoms with Gasteiger partial charge in [-0.3, -0.25) is 24.9 Å². The molecule has 1 aliphatic heterocycles. The smallest absolute Gasteiger partial charge is 0.283 e. The zero-order valence-corrected chi connectivity index (χ0v) is 21.9. The summed E-state index contributed by atoms with van der Waals surface area (Å²) in [6.07, 6.45) is 0. The van der Waals surface area contributed by atoms with Gasteiger partial charge in [0.15, 0.2) is 5.13 Å². The second-order valence-corrected chi connectivity index (χ2v) is 9.80. The van der Waals surface area contributed by atoms with Gasteiger partial charge in [0, 0.05) is 27.2 Å². The Labute approximate surface area is 235 Å². The minimum Gasteiger partial charge on any atom is -0.733 e. The maximum atomic E-state index is 12.9. The number of hydrogen-bond donors (Lipinski definition) is 3. The molecule has 1 aromatic heterocycles. The van der Waals surface area contributed by atoms with Gasteiger partial charge in [0.25, 0.3) is 17.7 Å². The number of benzene rings is 3. The van der Waals surface area contributed by atoms with E-state index in [2.05, 4.69) is 15.6 Å².